The molecule has 0 aromatic carbocycles. The lowest BCUT2D eigenvalue weighted by atomic mass is 9.94. The van der Waals surface area contributed by atoms with Crippen LogP contribution in [0, 0.1) is 0 Å². The molecule has 5 rings (SSSR count). The molecular formula is C33H57NO24. The summed E-state index contributed by atoms with van der Waals surface area (Å²) < 4.78 is 56.5. The molecule has 0 bridgehead atoms. The Balaban J connectivity index is 1.36. The molecule has 0 aliphatic carbocycles. The number of rotatable bonds is 15. The average Bonchev–Trinajstić information content (AvgIpc) is 3.21. The lowest BCUT2D eigenvalue weighted by Crippen LogP contribution is -2.69. The van der Waals surface area contributed by atoms with E-state index in [0.717, 1.165) is 0 Å². The molecule has 0 spiro atoms. The Morgan fingerprint density at radius 1 is 0.448 bits per heavy atom. The summed E-state index contributed by atoms with van der Waals surface area (Å²) >= 11 is 0. The Labute approximate surface area is 330 Å². The van der Waals surface area contributed by atoms with Crippen LogP contribution in [0.3, 0.4) is 0 Å². The summed E-state index contributed by atoms with van der Waals surface area (Å²) in [6.45, 7) is 1.29. The summed E-state index contributed by atoms with van der Waals surface area (Å²) in [5.41, 5.74) is 6.46. The minimum Gasteiger partial charge on any atom is -0.394 e. The van der Waals surface area contributed by atoms with Gasteiger partial charge in [0, 0.05) is 0 Å². The summed E-state index contributed by atoms with van der Waals surface area (Å²) in [6, 6.07) is -1.66. The van der Waals surface area contributed by atoms with Crippen LogP contribution < -0.4 is 5.73 Å². The second-order valence-corrected chi connectivity index (χ2v) is 14.6. The van der Waals surface area contributed by atoms with Crippen molar-refractivity contribution in [3.05, 3.63) is 12.7 Å². The second-order valence-electron chi connectivity index (χ2n) is 14.6. The van der Waals surface area contributed by atoms with Gasteiger partial charge in [-0.2, -0.15) is 0 Å². The van der Waals surface area contributed by atoms with Gasteiger partial charge in [0.15, 0.2) is 31.5 Å². The van der Waals surface area contributed by atoms with Crippen LogP contribution in [0.5, 0.6) is 0 Å². The molecule has 0 radical (unpaired) electrons. The van der Waals surface area contributed by atoms with Gasteiger partial charge >= 0.3 is 0 Å². The molecule has 25 heteroatoms. The van der Waals surface area contributed by atoms with E-state index in [1.54, 1.807) is 0 Å². The third-order valence-electron chi connectivity index (χ3n) is 10.7. The van der Waals surface area contributed by atoms with Crippen molar-refractivity contribution in [3.8, 4) is 0 Å². The first-order valence-corrected chi connectivity index (χ1v) is 18.6. The minimum absolute atomic E-state index is 0.0882. The van der Waals surface area contributed by atoms with Gasteiger partial charge in [0.1, 0.15) is 110 Å². The molecule has 25 nitrogen and oxygen atoms in total. The molecule has 338 valence electrons. The van der Waals surface area contributed by atoms with Crippen molar-refractivity contribution in [2.45, 2.75) is 160 Å². The topological polar surface area (TPSA) is 402 Å². The van der Waals surface area contributed by atoms with Crippen molar-refractivity contribution in [3.63, 3.8) is 0 Å². The number of ether oxygens (including phenoxy) is 10. The fourth-order valence-corrected chi connectivity index (χ4v) is 7.29. The lowest BCUT2D eigenvalue weighted by Gasteiger charge is -2.50. The van der Waals surface area contributed by atoms with Crippen molar-refractivity contribution in [1.82, 2.24) is 0 Å². The van der Waals surface area contributed by atoms with E-state index in [2.05, 4.69) is 6.58 Å². The van der Waals surface area contributed by atoms with Crippen molar-refractivity contribution in [2.75, 3.05) is 33.0 Å². The SMILES string of the molecule is C=CCO[C@@H]1OC(CO)[C@H](O[C@H]2OC(CO)[C@H](O)C(OC3OC(CO)[C@H](O)C(O[C@@H]4OC(CO)[C@H](O)C(O)C4O[C@@H]4OC(C)[C@@H](O)C(O)C4O)C3N)C2O)C(O)C1O. The molecule has 0 aromatic rings. The van der Waals surface area contributed by atoms with Crippen LogP contribution in [0.2, 0.25) is 0 Å². The van der Waals surface area contributed by atoms with Gasteiger partial charge in [-0.25, -0.2) is 0 Å². The number of hydrogen-bond acceptors (Lipinski definition) is 25. The molecule has 5 aliphatic heterocycles. The van der Waals surface area contributed by atoms with Crippen LogP contribution in [0.15, 0.2) is 12.7 Å². The third-order valence-corrected chi connectivity index (χ3v) is 10.7. The van der Waals surface area contributed by atoms with Crippen molar-refractivity contribution in [2.24, 2.45) is 5.73 Å². The van der Waals surface area contributed by atoms with Crippen LogP contribution >= 0.6 is 0 Å². The monoisotopic (exact) mass is 851 g/mol. The quantitative estimate of drug-likeness (QED) is 0.0680. The predicted molar refractivity (Wildman–Crippen MR) is 181 cm³/mol. The Morgan fingerprint density at radius 3 is 1.50 bits per heavy atom. The molecule has 5 saturated heterocycles. The van der Waals surface area contributed by atoms with Gasteiger partial charge in [-0.3, -0.25) is 0 Å². The molecule has 0 amide bonds. The highest BCUT2D eigenvalue weighted by molar-refractivity contribution is 5.00. The van der Waals surface area contributed by atoms with Gasteiger partial charge in [-0.15, -0.1) is 6.58 Å². The predicted octanol–water partition coefficient (Wildman–Crippen LogP) is -9.72. The first-order valence-electron chi connectivity index (χ1n) is 18.6. The Bertz CT molecular complexity index is 1280. The number of aliphatic hydroxyl groups is 14. The Kier molecular flexibility index (Phi) is 17.1. The average molecular weight is 852 g/mol. The van der Waals surface area contributed by atoms with E-state index in [0.29, 0.717) is 0 Å². The maximum absolute atomic E-state index is 11.4. The molecular weight excluding hydrogens is 794 g/mol. The largest absolute Gasteiger partial charge is 0.394 e. The zero-order valence-corrected chi connectivity index (χ0v) is 31.2. The lowest BCUT2D eigenvalue weighted by molar-refractivity contribution is -0.389. The van der Waals surface area contributed by atoms with Crippen molar-refractivity contribution >= 4 is 0 Å². The first-order chi connectivity index (χ1) is 27.5. The van der Waals surface area contributed by atoms with Crippen LogP contribution in [0.4, 0.5) is 0 Å². The standard InChI is InChI=1S/C33H57NO24/c1-3-4-49-30-23(47)21(45)25(13(8-38)54-30)55-32-24(48)27(18(42)12(7-37)52-32)57-29-14(34)26(17(41)11(6-36)51-29)56-33-28(20(44)16(40)10(5-35)53-33)58-31-22(46)19(43)15(39)9(2)50-31/h3,9-33,35-48H,1,4-8,34H2,2H3/t9?,10?,11?,12?,13?,14?,15-,16+,17+,18+,19?,20?,21?,22?,23?,24?,25+,26?,27?,28?,29?,30-,31+,32-,33+/m1/s1. The summed E-state index contributed by atoms with van der Waals surface area (Å²) in [6.07, 6.45) is -39.7. The zero-order valence-electron chi connectivity index (χ0n) is 31.2. The Hall–Kier alpha value is -1.26. The number of aliphatic hydroxyl groups excluding tert-OH is 14. The highest BCUT2D eigenvalue weighted by Crippen LogP contribution is 2.35. The molecule has 5 fully saturated rings. The van der Waals surface area contributed by atoms with E-state index < -0.39 is 180 Å². The van der Waals surface area contributed by atoms with Crippen LogP contribution in [-0.2, 0) is 47.4 Å². The van der Waals surface area contributed by atoms with E-state index in [9.17, 15) is 71.5 Å². The molecule has 16 N–H and O–H groups in total. The van der Waals surface area contributed by atoms with Crippen molar-refractivity contribution in [1.29, 1.82) is 0 Å². The normalized spacial score (nSPS) is 51.7. The minimum atomic E-state index is -2.02. The smallest absolute Gasteiger partial charge is 0.187 e. The first kappa shape index (κ1) is 47.8. The van der Waals surface area contributed by atoms with Gasteiger partial charge < -0.3 is 125 Å². The molecule has 16 unspecified atom stereocenters. The van der Waals surface area contributed by atoms with Crippen LogP contribution in [0.1, 0.15) is 6.92 Å². The van der Waals surface area contributed by atoms with E-state index in [1.165, 1.54) is 13.0 Å². The fraction of sp³-hybridized carbons (Fsp3) is 0.939. The van der Waals surface area contributed by atoms with E-state index in [1.807, 2.05) is 0 Å². The van der Waals surface area contributed by atoms with E-state index in [4.69, 9.17) is 53.1 Å². The maximum atomic E-state index is 11.4. The number of hydrogen-bond donors (Lipinski definition) is 15. The summed E-state index contributed by atoms with van der Waals surface area (Å²) in [5, 5.41) is 148. The molecule has 0 aromatic heterocycles. The second kappa shape index (κ2) is 20.7. The van der Waals surface area contributed by atoms with Gasteiger partial charge in [0.2, 0.25) is 0 Å². The molecule has 58 heavy (non-hydrogen) atoms. The maximum Gasteiger partial charge on any atom is 0.187 e. The summed E-state index contributed by atoms with van der Waals surface area (Å²) in [7, 11) is 0. The van der Waals surface area contributed by atoms with Crippen LogP contribution in [-0.4, -0.2) is 258 Å². The van der Waals surface area contributed by atoms with Crippen molar-refractivity contribution < 1.29 is 119 Å². The molecule has 0 saturated carbocycles. The van der Waals surface area contributed by atoms with Gasteiger partial charge in [-0.05, 0) is 6.92 Å². The third kappa shape index (κ3) is 9.84. The fourth-order valence-electron chi connectivity index (χ4n) is 7.29. The van der Waals surface area contributed by atoms with Gasteiger partial charge in [0.05, 0.1) is 45.2 Å². The molecule has 5 aliphatic rings. The van der Waals surface area contributed by atoms with Gasteiger partial charge in [0.25, 0.3) is 0 Å². The Morgan fingerprint density at radius 2 is 0.897 bits per heavy atom. The van der Waals surface area contributed by atoms with E-state index >= 15 is 0 Å². The molecule has 5 heterocycles. The summed E-state index contributed by atoms with van der Waals surface area (Å²) in [4.78, 5) is 0. The molecule has 25 atom stereocenters. The highest BCUT2D eigenvalue weighted by Gasteiger charge is 2.56. The van der Waals surface area contributed by atoms with Gasteiger partial charge in [-0.1, -0.05) is 6.08 Å². The van der Waals surface area contributed by atoms with E-state index in [-0.39, 0.29) is 6.61 Å². The summed E-state index contributed by atoms with van der Waals surface area (Å²) in [5.74, 6) is 0. The zero-order chi connectivity index (χ0) is 42.7. The van der Waals surface area contributed by atoms with Crippen LogP contribution in [0.25, 0.3) is 0 Å². The number of nitrogens with two attached hydrogens (primary N) is 1. The highest BCUT2D eigenvalue weighted by atomic mass is 16.8.